The Bertz CT molecular complexity index is 1040. The van der Waals surface area contributed by atoms with Crippen molar-refractivity contribution in [1.82, 2.24) is 0 Å². The molecule has 0 aliphatic heterocycles. The predicted molar refractivity (Wildman–Crippen MR) is 141 cm³/mol. The molecule has 0 spiro atoms. The first-order valence-corrected chi connectivity index (χ1v) is 11.3. The first-order chi connectivity index (χ1) is 15.0. The molecule has 0 saturated heterocycles. The summed E-state index contributed by atoms with van der Waals surface area (Å²) in [7, 11) is 0. The smallest absolute Gasteiger partial charge is 0.310 e. The molecular weight excluding hydrogens is 455 g/mol. The van der Waals surface area contributed by atoms with Crippen molar-refractivity contribution in [3.63, 3.8) is 0 Å². The Kier molecular flexibility index (Phi) is 12.2. The van der Waals surface area contributed by atoms with Crippen LogP contribution in [0.15, 0.2) is 60.7 Å². The van der Waals surface area contributed by atoms with E-state index in [4.69, 9.17) is 4.74 Å². The Labute approximate surface area is 209 Å². The molecule has 178 valence electrons. The third kappa shape index (κ3) is 8.17. The molecule has 0 fully saturated rings. The molecule has 0 bridgehead atoms. The molecule has 0 N–H and O–H groups in total. The van der Waals surface area contributed by atoms with Crippen molar-refractivity contribution in [2.75, 3.05) is 0 Å². The summed E-state index contributed by atoms with van der Waals surface area (Å²) in [6.45, 7) is 6.61. The van der Waals surface area contributed by atoms with Crippen molar-refractivity contribution in [2.24, 2.45) is 5.92 Å². The van der Waals surface area contributed by atoms with Crippen molar-refractivity contribution in [3.8, 4) is 0 Å². The number of esters is 1. The van der Waals surface area contributed by atoms with Crippen LogP contribution in [0.3, 0.4) is 0 Å². The summed E-state index contributed by atoms with van der Waals surface area (Å²) in [4.78, 5) is 23.9. The molecule has 3 rings (SSSR count). The molecule has 5 heteroatoms. The van der Waals surface area contributed by atoms with Gasteiger partial charge < -0.3 is 4.74 Å². The van der Waals surface area contributed by atoms with Gasteiger partial charge in [-0.2, -0.15) is 0 Å². The molecule has 0 aromatic heterocycles. The predicted octanol–water partition coefficient (Wildman–Crippen LogP) is 7.54. The van der Waals surface area contributed by atoms with E-state index < -0.39 is 0 Å². The number of rotatable bonds is 10. The fourth-order valence-corrected chi connectivity index (χ4v) is 3.87. The monoisotopic (exact) mass is 488 g/mol. The lowest BCUT2D eigenvalue weighted by Crippen LogP contribution is -2.08. The van der Waals surface area contributed by atoms with Crippen LogP contribution in [0.1, 0.15) is 67.1 Å². The zero-order valence-corrected chi connectivity index (χ0v) is 21.3. The maximum Gasteiger partial charge on any atom is 0.310 e. The van der Waals surface area contributed by atoms with Gasteiger partial charge in [-0.05, 0) is 45.9 Å². The fraction of sp³-hybridized carbons (Fsp3) is 0.357. The molecule has 0 unspecified atom stereocenters. The number of benzene rings is 3. The average Bonchev–Trinajstić information content (AvgIpc) is 2.81. The molecule has 0 aliphatic carbocycles. The maximum atomic E-state index is 12.2. The van der Waals surface area contributed by atoms with Gasteiger partial charge in [0.2, 0.25) is 0 Å². The van der Waals surface area contributed by atoms with Gasteiger partial charge in [-0.25, -0.2) is 0 Å². The van der Waals surface area contributed by atoms with Crippen LogP contribution in [0, 0.1) is 5.92 Å². The van der Waals surface area contributed by atoms with Gasteiger partial charge in [0.15, 0.2) is 5.78 Å². The number of ether oxygens (including phenoxy) is 1. The number of fused-ring (bicyclic) bond motifs is 1. The van der Waals surface area contributed by atoms with Crippen LogP contribution < -0.4 is 0 Å². The summed E-state index contributed by atoms with van der Waals surface area (Å²) in [6.07, 6.45) is 4.22. The Balaban J connectivity index is 0.00000272. The molecule has 0 radical (unpaired) electrons. The number of halogens is 2. The van der Waals surface area contributed by atoms with E-state index in [2.05, 4.69) is 44.2 Å². The van der Waals surface area contributed by atoms with Crippen molar-refractivity contribution >= 4 is 47.3 Å². The molecule has 0 saturated carbocycles. The topological polar surface area (TPSA) is 43.4 Å². The van der Waals surface area contributed by atoms with Gasteiger partial charge in [0.05, 0.1) is 6.42 Å². The molecule has 3 nitrogen and oxygen atoms in total. The van der Waals surface area contributed by atoms with Crippen molar-refractivity contribution < 1.29 is 14.3 Å². The minimum absolute atomic E-state index is 0. The second-order valence-electron chi connectivity index (χ2n) is 8.21. The van der Waals surface area contributed by atoms with Crippen LogP contribution in [-0.4, -0.2) is 11.8 Å². The second kappa shape index (κ2) is 14.0. The summed E-state index contributed by atoms with van der Waals surface area (Å²) in [6, 6.07) is 20.1. The van der Waals surface area contributed by atoms with Crippen LogP contribution >= 0.6 is 24.8 Å². The van der Waals surface area contributed by atoms with Crippen LogP contribution in [-0.2, 0) is 29.0 Å². The Morgan fingerprint density at radius 1 is 0.758 bits per heavy atom. The van der Waals surface area contributed by atoms with E-state index >= 15 is 0 Å². The highest BCUT2D eigenvalue weighted by Crippen LogP contribution is 2.22. The van der Waals surface area contributed by atoms with Gasteiger partial charge in [-0.15, -0.1) is 24.8 Å². The van der Waals surface area contributed by atoms with Gasteiger partial charge in [0.1, 0.15) is 6.61 Å². The largest absolute Gasteiger partial charge is 0.461 e. The highest BCUT2D eigenvalue weighted by atomic mass is 35.5. The van der Waals surface area contributed by atoms with Gasteiger partial charge in [0, 0.05) is 12.0 Å². The number of Topliss-reactive ketones (excluding diaryl/α,β-unsaturated/α-hetero) is 1. The highest BCUT2D eigenvalue weighted by molar-refractivity contribution is 5.95. The van der Waals surface area contributed by atoms with Crippen LogP contribution in [0.2, 0.25) is 0 Å². The zero-order chi connectivity index (χ0) is 22.2. The molecule has 33 heavy (non-hydrogen) atoms. The summed E-state index contributed by atoms with van der Waals surface area (Å²) in [5.41, 5.74) is 3.89. The Morgan fingerprint density at radius 3 is 1.88 bits per heavy atom. The second-order valence-corrected chi connectivity index (χ2v) is 8.21. The van der Waals surface area contributed by atoms with Crippen LogP contribution in [0.4, 0.5) is 0 Å². The summed E-state index contributed by atoms with van der Waals surface area (Å²) in [5, 5.41) is 2.39. The number of carbonyl (C=O) groups excluding carboxylic acids is 2. The fourth-order valence-electron chi connectivity index (χ4n) is 3.87. The van der Waals surface area contributed by atoms with Gasteiger partial charge in [-0.3, -0.25) is 9.59 Å². The van der Waals surface area contributed by atoms with Crippen molar-refractivity contribution in [3.05, 3.63) is 82.9 Å². The maximum absolute atomic E-state index is 12.2. The van der Waals surface area contributed by atoms with E-state index in [1.165, 1.54) is 23.8 Å². The number of carbonyl (C=O) groups is 2. The molecule has 0 amide bonds. The first-order valence-electron chi connectivity index (χ1n) is 11.3. The van der Waals surface area contributed by atoms with E-state index in [-0.39, 0.29) is 49.6 Å². The SMILES string of the molecule is CCC(=O)c1ccc(CC(=O)OCc2ccc3cc(CC(CC)CC)ccc3c2)cc1.Cl.Cl. The minimum Gasteiger partial charge on any atom is -0.461 e. The summed E-state index contributed by atoms with van der Waals surface area (Å²) < 4.78 is 5.48. The van der Waals surface area contributed by atoms with E-state index in [9.17, 15) is 9.59 Å². The zero-order valence-electron chi connectivity index (χ0n) is 19.6. The van der Waals surface area contributed by atoms with Crippen molar-refractivity contribution in [1.29, 1.82) is 0 Å². The number of ketones is 1. The van der Waals surface area contributed by atoms with E-state index in [0.29, 0.717) is 12.0 Å². The first kappa shape index (κ1) is 28.7. The summed E-state index contributed by atoms with van der Waals surface area (Å²) in [5.74, 6) is 0.572. The minimum atomic E-state index is -0.268. The lowest BCUT2D eigenvalue weighted by Gasteiger charge is -2.13. The summed E-state index contributed by atoms with van der Waals surface area (Å²) >= 11 is 0. The van der Waals surface area contributed by atoms with Gasteiger partial charge in [0.25, 0.3) is 0 Å². The van der Waals surface area contributed by atoms with Crippen LogP contribution in [0.25, 0.3) is 10.8 Å². The lowest BCUT2D eigenvalue weighted by molar-refractivity contribution is -0.144. The third-order valence-electron chi connectivity index (χ3n) is 5.99. The molecule has 0 heterocycles. The van der Waals surface area contributed by atoms with Gasteiger partial charge >= 0.3 is 5.97 Å². The Morgan fingerprint density at radius 2 is 1.30 bits per heavy atom. The Hall–Kier alpha value is -2.36. The molecule has 0 atom stereocenters. The number of hydrogen-bond donors (Lipinski definition) is 0. The molecular formula is C28H34Cl2O3. The lowest BCUT2D eigenvalue weighted by atomic mass is 9.93. The van der Waals surface area contributed by atoms with E-state index in [1.54, 1.807) is 12.1 Å². The highest BCUT2D eigenvalue weighted by Gasteiger charge is 2.09. The molecule has 3 aromatic carbocycles. The average molecular weight is 489 g/mol. The normalized spacial score (nSPS) is 10.4. The number of hydrogen-bond acceptors (Lipinski definition) is 3. The quantitative estimate of drug-likeness (QED) is 0.218. The van der Waals surface area contributed by atoms with E-state index in [0.717, 1.165) is 28.9 Å². The van der Waals surface area contributed by atoms with E-state index in [1.807, 2.05) is 25.1 Å². The van der Waals surface area contributed by atoms with Gasteiger partial charge in [-0.1, -0.05) is 88.2 Å². The molecule has 0 aliphatic rings. The van der Waals surface area contributed by atoms with Crippen molar-refractivity contribution in [2.45, 2.75) is 59.5 Å². The van der Waals surface area contributed by atoms with Crippen LogP contribution in [0.5, 0.6) is 0 Å². The standard InChI is InChI=1S/C28H32O3.2ClH/c1-4-20(5-2)15-22-9-13-26-17-23(10-14-25(26)16-22)19-31-28(30)18-21-7-11-24(12-8-21)27(29)6-3;;/h7-14,16-17,20H,4-6,15,18-19H2,1-3H3;2*1H. The third-order valence-corrected chi connectivity index (χ3v) is 5.99. The molecule has 3 aromatic rings.